The molecule has 0 N–H and O–H groups in total. The lowest BCUT2D eigenvalue weighted by atomic mass is 9.68. The number of fused-ring (bicyclic) bond motifs is 1. The van der Waals surface area contributed by atoms with Crippen LogP contribution in [0.25, 0.3) is 0 Å². The molecule has 2 atom stereocenters. The fraction of sp³-hybridized carbons (Fsp3) is 0.455. The van der Waals surface area contributed by atoms with Crippen LogP contribution in [0.3, 0.4) is 0 Å². The van der Waals surface area contributed by atoms with Crippen molar-refractivity contribution in [3.8, 4) is 11.9 Å². The molecule has 1 aromatic heterocycles. The van der Waals surface area contributed by atoms with E-state index in [2.05, 4.69) is 9.97 Å². The zero-order valence-corrected chi connectivity index (χ0v) is 16.8. The minimum atomic E-state index is -0.564. The molecule has 0 saturated heterocycles. The third-order valence-corrected chi connectivity index (χ3v) is 6.58. The molecule has 3 fully saturated rings. The highest BCUT2D eigenvalue weighted by Gasteiger charge is 2.61. The summed E-state index contributed by atoms with van der Waals surface area (Å²) in [6.07, 6.45) is 5.03. The minimum absolute atomic E-state index is 0.0319. The van der Waals surface area contributed by atoms with Gasteiger partial charge in [-0.05, 0) is 56.2 Å². The van der Waals surface area contributed by atoms with E-state index in [1.54, 1.807) is 14.0 Å². The van der Waals surface area contributed by atoms with Gasteiger partial charge in [-0.3, -0.25) is 4.79 Å². The number of carbonyl (C=O) groups excluding carboxylic acids is 1. The van der Waals surface area contributed by atoms with Gasteiger partial charge in [-0.15, -0.1) is 0 Å². The van der Waals surface area contributed by atoms with Gasteiger partial charge in [0.15, 0.2) is 5.69 Å². The van der Waals surface area contributed by atoms with Crippen LogP contribution in [0, 0.1) is 40.2 Å². The van der Waals surface area contributed by atoms with Gasteiger partial charge in [-0.2, -0.15) is 5.26 Å². The molecule has 3 saturated carbocycles. The number of nitriles is 1. The van der Waals surface area contributed by atoms with Gasteiger partial charge in [0, 0.05) is 12.6 Å². The SMILES string of the molecule is CC(c1cc(F)ccc1F)N(C)C(=O)C12CC(COc3cnc(C#N)cn3)C(C1)C2. The van der Waals surface area contributed by atoms with Crippen molar-refractivity contribution in [1.29, 1.82) is 5.26 Å². The lowest BCUT2D eigenvalue weighted by Gasteiger charge is -2.41. The van der Waals surface area contributed by atoms with E-state index in [-0.39, 0.29) is 23.1 Å². The molecule has 3 aliphatic rings. The van der Waals surface area contributed by atoms with Crippen molar-refractivity contribution in [1.82, 2.24) is 14.9 Å². The molecule has 2 bridgehead atoms. The van der Waals surface area contributed by atoms with Gasteiger partial charge in [0.2, 0.25) is 11.8 Å². The third-order valence-electron chi connectivity index (χ3n) is 6.58. The third kappa shape index (κ3) is 3.49. The number of nitrogens with zero attached hydrogens (tertiary/aromatic N) is 4. The molecule has 0 radical (unpaired) electrons. The Morgan fingerprint density at radius 1 is 1.33 bits per heavy atom. The highest BCUT2D eigenvalue weighted by molar-refractivity contribution is 5.84. The van der Waals surface area contributed by atoms with Crippen molar-refractivity contribution in [3.63, 3.8) is 0 Å². The molecule has 5 rings (SSSR count). The van der Waals surface area contributed by atoms with E-state index in [1.165, 1.54) is 17.3 Å². The molecule has 3 aliphatic carbocycles. The second kappa shape index (κ2) is 7.63. The summed E-state index contributed by atoms with van der Waals surface area (Å²) >= 11 is 0. The lowest BCUT2D eigenvalue weighted by Crippen LogP contribution is -2.46. The summed E-state index contributed by atoms with van der Waals surface area (Å²) in [4.78, 5) is 22.7. The maximum absolute atomic E-state index is 14.1. The number of ether oxygens (including phenoxy) is 1. The fourth-order valence-corrected chi connectivity index (χ4v) is 4.80. The van der Waals surface area contributed by atoms with Crippen LogP contribution in [0.1, 0.15) is 43.5 Å². The summed E-state index contributed by atoms with van der Waals surface area (Å²) in [6.45, 7) is 2.14. The van der Waals surface area contributed by atoms with Gasteiger partial charge < -0.3 is 9.64 Å². The second-order valence-electron chi connectivity index (χ2n) is 8.33. The first-order chi connectivity index (χ1) is 14.3. The number of amides is 1. The van der Waals surface area contributed by atoms with Crippen LogP contribution in [0.4, 0.5) is 8.78 Å². The maximum atomic E-state index is 14.1. The van der Waals surface area contributed by atoms with E-state index < -0.39 is 23.1 Å². The van der Waals surface area contributed by atoms with Crippen molar-refractivity contribution >= 4 is 5.91 Å². The van der Waals surface area contributed by atoms with Crippen molar-refractivity contribution in [3.05, 3.63) is 53.5 Å². The summed E-state index contributed by atoms with van der Waals surface area (Å²) in [5.41, 5.74) is -0.0562. The molecule has 0 aliphatic heterocycles. The van der Waals surface area contributed by atoms with E-state index in [9.17, 15) is 13.6 Å². The average Bonchev–Trinajstić information content (AvgIpc) is 3.28. The molecular formula is C22H22F2N4O2. The molecular weight excluding hydrogens is 390 g/mol. The van der Waals surface area contributed by atoms with Crippen molar-refractivity contribution in [2.75, 3.05) is 13.7 Å². The number of benzene rings is 1. The molecule has 6 nitrogen and oxygen atoms in total. The zero-order valence-electron chi connectivity index (χ0n) is 16.8. The molecule has 1 amide bonds. The Morgan fingerprint density at radius 3 is 2.77 bits per heavy atom. The first kappa shape index (κ1) is 20.2. The standard InChI is InChI=1S/C22H22F2N4O2/c1-13(18-5-16(23)3-4-19(18)24)28(2)21(29)22-6-14(7-22)15(8-22)12-30-20-11-26-17(9-25)10-27-20/h3-5,10-11,13-15H,6-8,12H2,1-2H3. The molecule has 1 aromatic carbocycles. The molecule has 1 heterocycles. The predicted molar refractivity (Wildman–Crippen MR) is 103 cm³/mol. The quantitative estimate of drug-likeness (QED) is 0.724. The number of carbonyl (C=O) groups is 1. The van der Waals surface area contributed by atoms with E-state index in [4.69, 9.17) is 10.00 Å². The Hall–Kier alpha value is -3.08. The topological polar surface area (TPSA) is 79.1 Å². The molecule has 8 heteroatoms. The summed E-state index contributed by atoms with van der Waals surface area (Å²) in [6, 6.07) is 4.65. The Bertz CT molecular complexity index is 999. The molecule has 2 aromatic rings. The highest BCUT2D eigenvalue weighted by atomic mass is 19.1. The second-order valence-corrected chi connectivity index (χ2v) is 8.33. The Morgan fingerprint density at radius 2 is 2.10 bits per heavy atom. The van der Waals surface area contributed by atoms with Crippen LogP contribution in [0.2, 0.25) is 0 Å². The molecule has 0 spiro atoms. The zero-order chi connectivity index (χ0) is 21.5. The van der Waals surface area contributed by atoms with Gasteiger partial charge in [-0.1, -0.05) is 0 Å². The molecule has 2 unspecified atom stereocenters. The number of halogens is 2. The van der Waals surface area contributed by atoms with Crippen LogP contribution in [0.5, 0.6) is 5.88 Å². The van der Waals surface area contributed by atoms with E-state index in [0.29, 0.717) is 24.8 Å². The van der Waals surface area contributed by atoms with E-state index >= 15 is 0 Å². The van der Waals surface area contributed by atoms with Crippen LogP contribution in [-0.4, -0.2) is 34.4 Å². The summed E-state index contributed by atoms with van der Waals surface area (Å²) in [5, 5.41) is 8.77. The van der Waals surface area contributed by atoms with Gasteiger partial charge in [0.25, 0.3) is 0 Å². The first-order valence-corrected chi connectivity index (χ1v) is 9.90. The largest absolute Gasteiger partial charge is 0.476 e. The number of aromatic nitrogens is 2. The van der Waals surface area contributed by atoms with Crippen molar-refractivity contribution < 1.29 is 18.3 Å². The lowest BCUT2D eigenvalue weighted by molar-refractivity contribution is -0.147. The summed E-state index contributed by atoms with van der Waals surface area (Å²) < 4.78 is 33.4. The van der Waals surface area contributed by atoms with Crippen LogP contribution < -0.4 is 4.74 Å². The van der Waals surface area contributed by atoms with Crippen LogP contribution in [-0.2, 0) is 4.79 Å². The van der Waals surface area contributed by atoms with Gasteiger partial charge in [0.1, 0.15) is 17.7 Å². The summed E-state index contributed by atoms with van der Waals surface area (Å²) in [5.74, 6) is -0.101. The average molecular weight is 412 g/mol. The van der Waals surface area contributed by atoms with Gasteiger partial charge in [0.05, 0.1) is 30.5 Å². The van der Waals surface area contributed by atoms with E-state index in [0.717, 1.165) is 31.0 Å². The Balaban J connectivity index is 1.38. The Kier molecular flexibility index (Phi) is 5.14. The normalized spacial score (nSPS) is 25.2. The van der Waals surface area contributed by atoms with E-state index in [1.807, 2.05) is 6.07 Å². The number of hydrogen-bond acceptors (Lipinski definition) is 5. The Labute approximate surface area is 173 Å². The minimum Gasteiger partial charge on any atom is -0.476 e. The number of hydrogen-bond donors (Lipinski definition) is 0. The maximum Gasteiger partial charge on any atom is 0.232 e. The monoisotopic (exact) mass is 412 g/mol. The number of rotatable bonds is 6. The van der Waals surface area contributed by atoms with Gasteiger partial charge in [-0.25, -0.2) is 18.7 Å². The smallest absolute Gasteiger partial charge is 0.232 e. The molecule has 156 valence electrons. The highest BCUT2D eigenvalue weighted by Crippen LogP contribution is 2.62. The van der Waals surface area contributed by atoms with Crippen LogP contribution >= 0.6 is 0 Å². The van der Waals surface area contributed by atoms with Crippen LogP contribution in [0.15, 0.2) is 30.6 Å². The van der Waals surface area contributed by atoms with Gasteiger partial charge >= 0.3 is 0 Å². The first-order valence-electron chi connectivity index (χ1n) is 9.90. The fourth-order valence-electron chi connectivity index (χ4n) is 4.80. The molecule has 30 heavy (non-hydrogen) atoms. The van der Waals surface area contributed by atoms with Crippen molar-refractivity contribution in [2.45, 2.75) is 32.2 Å². The predicted octanol–water partition coefficient (Wildman–Crippen LogP) is 3.64. The van der Waals surface area contributed by atoms with Crippen molar-refractivity contribution in [2.24, 2.45) is 17.3 Å². The summed E-state index contributed by atoms with van der Waals surface area (Å²) in [7, 11) is 1.65.